The molecule has 1 aromatic heterocycles. The molecular weight excluding hydrogens is 276 g/mol. The molecule has 0 saturated heterocycles. The van der Waals surface area contributed by atoms with E-state index in [4.69, 9.17) is 5.11 Å². The minimum atomic E-state index is 0.288. The lowest BCUT2D eigenvalue weighted by Gasteiger charge is -2.05. The Bertz CT molecular complexity index is 286. The van der Waals surface area contributed by atoms with Crippen LogP contribution >= 0.6 is 27.7 Å². The molecule has 1 heterocycles. The summed E-state index contributed by atoms with van der Waals surface area (Å²) in [6, 6.07) is 2.01. The van der Waals surface area contributed by atoms with Crippen molar-refractivity contribution in [3.05, 3.63) is 22.9 Å². The van der Waals surface area contributed by atoms with Gasteiger partial charge in [0.1, 0.15) is 0 Å². The van der Waals surface area contributed by atoms with Crippen molar-refractivity contribution in [1.29, 1.82) is 0 Å². The van der Waals surface area contributed by atoms with Gasteiger partial charge in [-0.15, -0.1) is 0 Å². The molecule has 0 aliphatic carbocycles. The van der Waals surface area contributed by atoms with Gasteiger partial charge in [-0.3, -0.25) is 4.98 Å². The van der Waals surface area contributed by atoms with Crippen LogP contribution in [0.3, 0.4) is 0 Å². The normalized spacial score (nSPS) is 10.3. The van der Waals surface area contributed by atoms with E-state index in [1.807, 2.05) is 24.0 Å². The molecule has 0 amide bonds. The Kier molecular flexibility index (Phi) is 6.80. The van der Waals surface area contributed by atoms with Crippen LogP contribution < -0.4 is 5.32 Å². The Morgan fingerprint density at radius 3 is 3.00 bits per heavy atom. The van der Waals surface area contributed by atoms with Gasteiger partial charge in [-0.1, -0.05) is 0 Å². The summed E-state index contributed by atoms with van der Waals surface area (Å²) in [6.07, 6.45) is 4.45. The zero-order chi connectivity index (χ0) is 10.9. The van der Waals surface area contributed by atoms with Gasteiger partial charge >= 0.3 is 0 Å². The van der Waals surface area contributed by atoms with Gasteiger partial charge in [0.15, 0.2) is 0 Å². The van der Waals surface area contributed by atoms with Crippen LogP contribution in [0.5, 0.6) is 0 Å². The minimum Gasteiger partial charge on any atom is -0.396 e. The summed E-state index contributed by atoms with van der Waals surface area (Å²) in [5.41, 5.74) is 1.03. The molecule has 5 heteroatoms. The van der Waals surface area contributed by atoms with Crippen molar-refractivity contribution >= 4 is 33.4 Å². The molecule has 0 aliphatic heterocycles. The highest BCUT2D eigenvalue weighted by atomic mass is 79.9. The van der Waals surface area contributed by atoms with E-state index < -0.39 is 0 Å². The second kappa shape index (κ2) is 7.96. The molecule has 0 bridgehead atoms. The number of nitrogens with zero attached hydrogens (tertiary/aromatic N) is 1. The standard InChI is InChI=1S/C10H15BrN2OS/c11-9-6-10(8-12-7-9)13-2-5-15-4-1-3-14/h6-8,13-14H,1-5H2. The summed E-state index contributed by atoms with van der Waals surface area (Å²) in [5, 5.41) is 11.9. The largest absolute Gasteiger partial charge is 0.396 e. The van der Waals surface area contributed by atoms with Gasteiger partial charge in [0, 0.05) is 29.6 Å². The van der Waals surface area contributed by atoms with Crippen molar-refractivity contribution in [1.82, 2.24) is 4.98 Å². The SMILES string of the molecule is OCCCSCCNc1cncc(Br)c1. The van der Waals surface area contributed by atoms with Gasteiger partial charge in [0.2, 0.25) is 0 Å². The third kappa shape index (κ3) is 6.02. The number of rotatable bonds is 7. The molecule has 0 unspecified atom stereocenters. The first-order chi connectivity index (χ1) is 7.33. The first kappa shape index (κ1) is 12.8. The fourth-order valence-electron chi connectivity index (χ4n) is 1.04. The number of aliphatic hydroxyl groups excluding tert-OH is 1. The first-order valence-corrected chi connectivity index (χ1v) is 6.80. The maximum Gasteiger partial charge on any atom is 0.0538 e. The van der Waals surface area contributed by atoms with Crippen molar-refractivity contribution in [3.63, 3.8) is 0 Å². The number of anilines is 1. The zero-order valence-corrected chi connectivity index (χ0v) is 10.9. The molecule has 0 fully saturated rings. The Labute approximate surface area is 103 Å². The summed E-state index contributed by atoms with van der Waals surface area (Å²) in [5.74, 6) is 2.07. The van der Waals surface area contributed by atoms with Crippen molar-refractivity contribution < 1.29 is 5.11 Å². The van der Waals surface area contributed by atoms with Gasteiger partial charge in [-0.25, -0.2) is 0 Å². The third-order valence-electron chi connectivity index (χ3n) is 1.73. The molecule has 3 nitrogen and oxygen atoms in total. The molecule has 84 valence electrons. The number of hydrogen-bond donors (Lipinski definition) is 2. The highest BCUT2D eigenvalue weighted by Crippen LogP contribution is 2.13. The molecular formula is C10H15BrN2OS. The number of hydrogen-bond acceptors (Lipinski definition) is 4. The molecule has 0 atom stereocenters. The van der Waals surface area contributed by atoms with Crippen LogP contribution in [0.2, 0.25) is 0 Å². The quantitative estimate of drug-likeness (QED) is 0.757. The number of nitrogens with one attached hydrogen (secondary N) is 1. The van der Waals surface area contributed by atoms with Crippen molar-refractivity contribution in [2.45, 2.75) is 6.42 Å². The van der Waals surface area contributed by atoms with Gasteiger partial charge < -0.3 is 10.4 Å². The molecule has 0 aliphatic rings. The molecule has 0 radical (unpaired) electrons. The molecule has 2 N–H and O–H groups in total. The van der Waals surface area contributed by atoms with Crippen molar-refractivity contribution in [2.75, 3.05) is 30.0 Å². The van der Waals surface area contributed by atoms with Gasteiger partial charge in [-0.05, 0) is 34.2 Å². The van der Waals surface area contributed by atoms with Gasteiger partial charge in [-0.2, -0.15) is 11.8 Å². The Balaban J connectivity index is 2.10. The molecule has 1 aromatic rings. The fourth-order valence-corrected chi connectivity index (χ4v) is 2.19. The van der Waals surface area contributed by atoms with Gasteiger partial charge in [0.25, 0.3) is 0 Å². The fraction of sp³-hybridized carbons (Fsp3) is 0.500. The molecule has 15 heavy (non-hydrogen) atoms. The lowest BCUT2D eigenvalue weighted by molar-refractivity contribution is 0.296. The average molecular weight is 291 g/mol. The highest BCUT2D eigenvalue weighted by Gasteiger charge is 1.93. The maximum atomic E-state index is 8.59. The van der Waals surface area contributed by atoms with Crippen LogP contribution in [-0.4, -0.2) is 34.7 Å². The molecule has 1 rings (SSSR count). The summed E-state index contributed by atoms with van der Waals surface area (Å²) < 4.78 is 0.987. The summed E-state index contributed by atoms with van der Waals surface area (Å²) in [4.78, 5) is 4.06. The smallest absolute Gasteiger partial charge is 0.0538 e. The Morgan fingerprint density at radius 1 is 1.40 bits per heavy atom. The predicted molar refractivity (Wildman–Crippen MR) is 69.5 cm³/mol. The predicted octanol–water partition coefficient (Wildman–Crippen LogP) is 2.37. The van der Waals surface area contributed by atoms with E-state index in [0.29, 0.717) is 0 Å². The number of aromatic nitrogens is 1. The van der Waals surface area contributed by atoms with Crippen LogP contribution in [0.4, 0.5) is 5.69 Å². The minimum absolute atomic E-state index is 0.288. The van der Waals surface area contributed by atoms with E-state index in [2.05, 4.69) is 26.2 Å². The average Bonchev–Trinajstić information content (AvgIpc) is 2.23. The molecule has 0 spiro atoms. The Hall–Kier alpha value is -0.260. The lowest BCUT2D eigenvalue weighted by Crippen LogP contribution is -2.04. The Morgan fingerprint density at radius 2 is 2.27 bits per heavy atom. The van der Waals surface area contributed by atoms with Crippen molar-refractivity contribution in [2.24, 2.45) is 0 Å². The second-order valence-electron chi connectivity index (χ2n) is 3.01. The zero-order valence-electron chi connectivity index (χ0n) is 8.45. The van der Waals surface area contributed by atoms with E-state index in [-0.39, 0.29) is 6.61 Å². The number of halogens is 1. The van der Waals surface area contributed by atoms with E-state index in [9.17, 15) is 0 Å². The molecule has 0 saturated carbocycles. The third-order valence-corrected chi connectivity index (χ3v) is 3.23. The number of thioether (sulfide) groups is 1. The maximum absolute atomic E-state index is 8.59. The van der Waals surface area contributed by atoms with Gasteiger partial charge in [0.05, 0.1) is 11.9 Å². The van der Waals surface area contributed by atoms with Crippen LogP contribution in [0.15, 0.2) is 22.9 Å². The van der Waals surface area contributed by atoms with E-state index in [0.717, 1.165) is 34.6 Å². The van der Waals surface area contributed by atoms with Crippen LogP contribution in [0, 0.1) is 0 Å². The van der Waals surface area contributed by atoms with Crippen LogP contribution in [-0.2, 0) is 0 Å². The number of aliphatic hydroxyl groups is 1. The highest BCUT2D eigenvalue weighted by molar-refractivity contribution is 9.10. The topological polar surface area (TPSA) is 45.1 Å². The lowest BCUT2D eigenvalue weighted by atomic mass is 10.4. The van der Waals surface area contributed by atoms with E-state index in [1.165, 1.54) is 0 Å². The summed E-state index contributed by atoms with van der Waals surface area (Å²) >= 11 is 5.22. The summed E-state index contributed by atoms with van der Waals surface area (Å²) in [6.45, 7) is 1.21. The molecule has 0 aromatic carbocycles. The first-order valence-electron chi connectivity index (χ1n) is 4.86. The monoisotopic (exact) mass is 290 g/mol. The second-order valence-corrected chi connectivity index (χ2v) is 5.15. The van der Waals surface area contributed by atoms with Crippen LogP contribution in [0.25, 0.3) is 0 Å². The van der Waals surface area contributed by atoms with E-state index in [1.54, 1.807) is 6.20 Å². The van der Waals surface area contributed by atoms with Crippen molar-refractivity contribution in [3.8, 4) is 0 Å². The summed E-state index contributed by atoms with van der Waals surface area (Å²) in [7, 11) is 0. The number of pyridine rings is 1. The van der Waals surface area contributed by atoms with Crippen LogP contribution in [0.1, 0.15) is 6.42 Å². The van der Waals surface area contributed by atoms with E-state index >= 15 is 0 Å².